The molecular formula is C28H32BrN3O7S2. The number of ether oxygens (including phenoxy) is 2. The Bertz CT molecular complexity index is 1570. The molecule has 0 aromatic heterocycles. The molecule has 1 N–H and O–H groups in total. The minimum absolute atomic E-state index is 0.00161. The monoisotopic (exact) mass is 665 g/mol. The summed E-state index contributed by atoms with van der Waals surface area (Å²) in [6.45, 7) is 2.54. The van der Waals surface area contributed by atoms with Gasteiger partial charge in [0.05, 0.1) is 24.3 Å². The number of carbonyl (C=O) groups is 1. The number of halogens is 1. The Morgan fingerprint density at radius 3 is 2.22 bits per heavy atom. The van der Waals surface area contributed by atoms with Crippen molar-refractivity contribution < 1.29 is 31.1 Å². The molecule has 0 radical (unpaired) electrons. The molecule has 0 atom stereocenters. The van der Waals surface area contributed by atoms with Gasteiger partial charge in [0.1, 0.15) is 22.9 Å². The fourth-order valence-corrected chi connectivity index (χ4v) is 7.84. The first-order valence-corrected chi connectivity index (χ1v) is 16.7. The van der Waals surface area contributed by atoms with Crippen molar-refractivity contribution in [2.45, 2.75) is 36.0 Å². The summed E-state index contributed by atoms with van der Waals surface area (Å²) < 4.78 is 68.0. The molecule has 10 nitrogen and oxygen atoms in total. The number of benzene rings is 3. The van der Waals surface area contributed by atoms with E-state index < -0.39 is 32.5 Å². The van der Waals surface area contributed by atoms with Gasteiger partial charge in [-0.2, -0.15) is 4.31 Å². The molecule has 0 unspecified atom stereocenters. The van der Waals surface area contributed by atoms with Gasteiger partial charge < -0.3 is 14.8 Å². The quantitative estimate of drug-likeness (QED) is 0.310. The van der Waals surface area contributed by atoms with Gasteiger partial charge in [-0.25, -0.2) is 16.8 Å². The Balaban J connectivity index is 1.63. The molecule has 3 aromatic rings. The minimum atomic E-state index is -4.15. The van der Waals surface area contributed by atoms with Crippen molar-refractivity contribution in [2.75, 3.05) is 43.0 Å². The maximum Gasteiger partial charge on any atom is 0.264 e. The number of carbonyl (C=O) groups excluding carboxylic acids is 1. The zero-order chi connectivity index (χ0) is 29.6. The number of hydrogen-bond donors (Lipinski definition) is 1. The second-order valence-corrected chi connectivity index (χ2v) is 14.0. The number of hydrogen-bond acceptors (Lipinski definition) is 7. The van der Waals surface area contributed by atoms with Crippen molar-refractivity contribution in [2.24, 2.45) is 0 Å². The molecule has 1 aliphatic rings. The second kappa shape index (κ2) is 13.2. The molecule has 220 valence electrons. The van der Waals surface area contributed by atoms with Crippen LogP contribution in [0.1, 0.15) is 26.2 Å². The summed E-state index contributed by atoms with van der Waals surface area (Å²) in [5.74, 6) is 0.0517. The maximum absolute atomic E-state index is 13.7. The van der Waals surface area contributed by atoms with Crippen molar-refractivity contribution in [1.82, 2.24) is 4.31 Å². The predicted octanol–water partition coefficient (Wildman–Crippen LogP) is 4.87. The Morgan fingerprint density at radius 1 is 0.951 bits per heavy atom. The molecule has 13 heteroatoms. The molecule has 0 saturated carbocycles. The van der Waals surface area contributed by atoms with E-state index in [-0.39, 0.29) is 26.9 Å². The van der Waals surface area contributed by atoms with E-state index in [2.05, 4.69) is 21.2 Å². The third-order valence-electron chi connectivity index (χ3n) is 6.50. The van der Waals surface area contributed by atoms with Gasteiger partial charge in [-0.1, -0.05) is 22.4 Å². The normalized spacial score (nSPS) is 14.3. The topological polar surface area (TPSA) is 122 Å². The molecule has 1 fully saturated rings. The summed E-state index contributed by atoms with van der Waals surface area (Å²) in [5, 5.41) is 2.66. The van der Waals surface area contributed by atoms with Crippen molar-refractivity contribution in [3.05, 3.63) is 71.2 Å². The standard InChI is InChI=1S/C28H32BrN3O7S2/c1-3-39-24-12-10-23(11-13-24)32(40(34,35)25-14-7-21(29)8-15-25)20-28(33)30-22-9-16-26(38-2)27(19-22)41(36,37)31-17-5-4-6-18-31/h7-16,19H,3-6,17-18,20H2,1-2H3,(H,30,33). The Morgan fingerprint density at radius 2 is 1.61 bits per heavy atom. The largest absolute Gasteiger partial charge is 0.495 e. The number of amides is 1. The molecule has 41 heavy (non-hydrogen) atoms. The highest BCUT2D eigenvalue weighted by molar-refractivity contribution is 9.10. The molecule has 1 heterocycles. The van der Waals surface area contributed by atoms with Crippen LogP contribution in [0, 0.1) is 0 Å². The highest BCUT2D eigenvalue weighted by Crippen LogP contribution is 2.32. The van der Waals surface area contributed by atoms with E-state index in [0.29, 0.717) is 29.9 Å². The van der Waals surface area contributed by atoms with E-state index in [1.807, 2.05) is 6.92 Å². The van der Waals surface area contributed by atoms with Crippen LogP contribution in [0.15, 0.2) is 81.0 Å². The number of sulfonamides is 2. The van der Waals surface area contributed by atoms with E-state index in [9.17, 15) is 21.6 Å². The van der Waals surface area contributed by atoms with Crippen LogP contribution in [0.4, 0.5) is 11.4 Å². The zero-order valence-electron chi connectivity index (χ0n) is 22.7. The number of anilines is 2. The predicted molar refractivity (Wildman–Crippen MR) is 161 cm³/mol. The molecular weight excluding hydrogens is 634 g/mol. The van der Waals surface area contributed by atoms with E-state index in [1.165, 1.54) is 41.7 Å². The van der Waals surface area contributed by atoms with Gasteiger partial charge in [-0.3, -0.25) is 9.10 Å². The van der Waals surface area contributed by atoms with Crippen molar-refractivity contribution >= 4 is 53.3 Å². The maximum atomic E-state index is 13.7. The van der Waals surface area contributed by atoms with Gasteiger partial charge in [-0.05, 0) is 86.5 Å². The summed E-state index contributed by atoms with van der Waals surface area (Å²) in [6, 6.07) is 16.8. The first-order valence-electron chi connectivity index (χ1n) is 13.1. The van der Waals surface area contributed by atoms with Gasteiger partial charge in [0.25, 0.3) is 10.0 Å². The summed E-state index contributed by atoms with van der Waals surface area (Å²) in [6.07, 6.45) is 2.51. The SMILES string of the molecule is CCOc1ccc(N(CC(=O)Nc2ccc(OC)c(S(=O)(=O)N3CCCCC3)c2)S(=O)(=O)c2ccc(Br)cc2)cc1. The first-order chi connectivity index (χ1) is 19.6. The Labute approximate surface area is 249 Å². The van der Waals surface area contributed by atoms with Crippen molar-refractivity contribution in [1.29, 1.82) is 0 Å². The Kier molecular flexibility index (Phi) is 9.95. The van der Waals surface area contributed by atoms with Crippen LogP contribution in [0.2, 0.25) is 0 Å². The summed E-state index contributed by atoms with van der Waals surface area (Å²) in [4.78, 5) is 13.2. The second-order valence-electron chi connectivity index (χ2n) is 9.27. The highest BCUT2D eigenvalue weighted by Gasteiger charge is 2.30. The van der Waals surface area contributed by atoms with Gasteiger partial charge in [0.15, 0.2) is 0 Å². The lowest BCUT2D eigenvalue weighted by molar-refractivity contribution is -0.114. The van der Waals surface area contributed by atoms with Gasteiger partial charge >= 0.3 is 0 Å². The zero-order valence-corrected chi connectivity index (χ0v) is 26.0. The number of piperidine rings is 1. The van der Waals surface area contributed by atoms with Crippen LogP contribution in [0.5, 0.6) is 11.5 Å². The van der Waals surface area contributed by atoms with Crippen LogP contribution < -0.4 is 19.1 Å². The lowest BCUT2D eigenvalue weighted by atomic mass is 10.2. The summed E-state index contributed by atoms with van der Waals surface area (Å²) in [5.41, 5.74) is 0.452. The molecule has 0 spiro atoms. The summed E-state index contributed by atoms with van der Waals surface area (Å²) in [7, 11) is -6.64. The fraction of sp³-hybridized carbons (Fsp3) is 0.321. The summed E-state index contributed by atoms with van der Waals surface area (Å²) >= 11 is 3.31. The molecule has 4 rings (SSSR count). The molecule has 1 saturated heterocycles. The van der Waals surface area contributed by atoms with Gasteiger partial charge in [-0.15, -0.1) is 0 Å². The smallest absolute Gasteiger partial charge is 0.264 e. The highest BCUT2D eigenvalue weighted by atomic mass is 79.9. The Hall–Kier alpha value is -3.13. The van der Waals surface area contributed by atoms with Gasteiger partial charge in [0.2, 0.25) is 15.9 Å². The average Bonchev–Trinajstić information content (AvgIpc) is 2.97. The minimum Gasteiger partial charge on any atom is -0.495 e. The van der Waals surface area contributed by atoms with E-state index >= 15 is 0 Å². The lowest BCUT2D eigenvalue weighted by Gasteiger charge is -2.27. The third kappa shape index (κ3) is 7.21. The molecule has 1 aliphatic heterocycles. The van der Waals surface area contributed by atoms with Crippen LogP contribution in [0.25, 0.3) is 0 Å². The third-order valence-corrected chi connectivity index (χ3v) is 10.7. The van der Waals surface area contributed by atoms with Gasteiger partial charge in [0, 0.05) is 23.2 Å². The van der Waals surface area contributed by atoms with Crippen LogP contribution in [-0.2, 0) is 24.8 Å². The van der Waals surface area contributed by atoms with Crippen LogP contribution in [0.3, 0.4) is 0 Å². The van der Waals surface area contributed by atoms with Crippen LogP contribution >= 0.6 is 15.9 Å². The number of nitrogens with zero attached hydrogens (tertiary/aromatic N) is 2. The van der Waals surface area contributed by atoms with E-state index in [1.54, 1.807) is 36.4 Å². The van der Waals surface area contributed by atoms with Crippen molar-refractivity contribution in [3.63, 3.8) is 0 Å². The number of rotatable bonds is 11. The lowest BCUT2D eigenvalue weighted by Crippen LogP contribution is -2.38. The molecule has 0 aliphatic carbocycles. The van der Waals surface area contributed by atoms with E-state index in [4.69, 9.17) is 9.47 Å². The number of methoxy groups -OCH3 is 1. The van der Waals surface area contributed by atoms with Crippen LogP contribution in [-0.4, -0.2) is 60.4 Å². The first kappa shape index (κ1) is 30.8. The average molecular weight is 667 g/mol. The molecule has 3 aromatic carbocycles. The molecule has 1 amide bonds. The van der Waals surface area contributed by atoms with Crippen molar-refractivity contribution in [3.8, 4) is 11.5 Å². The number of nitrogens with one attached hydrogen (secondary N) is 1. The molecule has 0 bridgehead atoms. The van der Waals surface area contributed by atoms with E-state index in [0.717, 1.165) is 23.6 Å². The fourth-order valence-electron chi connectivity index (χ4n) is 4.46.